The van der Waals surface area contributed by atoms with Crippen molar-refractivity contribution in [3.05, 3.63) is 34.9 Å². The molecule has 0 saturated heterocycles. The topological polar surface area (TPSA) is 66.5 Å². The van der Waals surface area contributed by atoms with Gasteiger partial charge in [-0.2, -0.15) is 0 Å². The Labute approximate surface area is 71.5 Å². The van der Waals surface area contributed by atoms with Crippen LogP contribution in [0.2, 0.25) is 0 Å². The molecule has 0 fully saturated rings. The molecule has 0 unspecified atom stereocenters. The molecule has 0 aliphatic rings. The number of hydrogen-bond donors (Lipinski definition) is 3. The minimum Gasteiger partial charge on any atom is -0.392 e. The predicted octanol–water partition coefficient (Wildman–Crippen LogP) is 0.130. The van der Waals surface area contributed by atoms with Gasteiger partial charge in [0.25, 0.3) is 0 Å². The van der Waals surface area contributed by atoms with Crippen molar-refractivity contribution in [2.45, 2.75) is 19.8 Å². The average molecular weight is 167 g/mol. The molecule has 0 aliphatic carbocycles. The van der Waals surface area contributed by atoms with Crippen LogP contribution >= 0.6 is 0 Å². The third-order valence-corrected chi connectivity index (χ3v) is 1.92. The molecule has 0 amide bonds. The summed E-state index contributed by atoms with van der Waals surface area (Å²) in [5.41, 5.74) is 7.85. The summed E-state index contributed by atoms with van der Waals surface area (Å²) < 4.78 is 0. The lowest BCUT2D eigenvalue weighted by molar-refractivity contribution is 0.259. The van der Waals surface area contributed by atoms with Gasteiger partial charge in [-0.1, -0.05) is 18.2 Å². The van der Waals surface area contributed by atoms with Gasteiger partial charge in [-0.15, -0.1) is 0 Å². The van der Waals surface area contributed by atoms with Crippen molar-refractivity contribution >= 4 is 0 Å². The zero-order valence-electron chi connectivity index (χ0n) is 6.83. The van der Waals surface area contributed by atoms with Gasteiger partial charge in [0.1, 0.15) is 0 Å². The van der Waals surface area contributed by atoms with Crippen molar-refractivity contribution in [3.8, 4) is 0 Å². The molecule has 3 heteroatoms. The number of aliphatic hydroxyl groups is 2. The van der Waals surface area contributed by atoms with E-state index in [1.165, 1.54) is 0 Å². The fourth-order valence-electron chi connectivity index (χ4n) is 1.23. The van der Waals surface area contributed by atoms with E-state index in [0.717, 1.165) is 16.7 Å². The van der Waals surface area contributed by atoms with Crippen molar-refractivity contribution in [1.82, 2.24) is 0 Å². The van der Waals surface area contributed by atoms with E-state index in [0.29, 0.717) is 6.54 Å². The molecule has 1 aromatic rings. The highest BCUT2D eigenvalue weighted by molar-refractivity contribution is 5.34. The third-order valence-electron chi connectivity index (χ3n) is 1.92. The monoisotopic (exact) mass is 167 g/mol. The fourth-order valence-corrected chi connectivity index (χ4v) is 1.23. The van der Waals surface area contributed by atoms with Crippen molar-refractivity contribution in [2.75, 3.05) is 0 Å². The van der Waals surface area contributed by atoms with Crippen molar-refractivity contribution in [3.63, 3.8) is 0 Å². The van der Waals surface area contributed by atoms with E-state index in [9.17, 15) is 0 Å². The van der Waals surface area contributed by atoms with Gasteiger partial charge in [-0.05, 0) is 16.7 Å². The van der Waals surface area contributed by atoms with Crippen LogP contribution in [0.3, 0.4) is 0 Å². The zero-order chi connectivity index (χ0) is 8.97. The average Bonchev–Trinajstić information content (AvgIpc) is 2.16. The third kappa shape index (κ3) is 1.64. The minimum atomic E-state index is -0.0662. The highest BCUT2D eigenvalue weighted by atomic mass is 16.3. The second-order valence-electron chi connectivity index (χ2n) is 2.58. The second-order valence-corrected chi connectivity index (χ2v) is 2.58. The lowest BCUT2D eigenvalue weighted by Gasteiger charge is -2.08. The first-order valence-corrected chi connectivity index (χ1v) is 3.85. The Morgan fingerprint density at radius 3 is 2.25 bits per heavy atom. The Morgan fingerprint density at radius 2 is 1.75 bits per heavy atom. The molecule has 66 valence electrons. The minimum absolute atomic E-state index is 0.0519. The molecule has 0 atom stereocenters. The number of hydrogen-bond acceptors (Lipinski definition) is 3. The summed E-state index contributed by atoms with van der Waals surface area (Å²) >= 11 is 0. The molecule has 1 aromatic carbocycles. The predicted molar refractivity (Wildman–Crippen MR) is 46.2 cm³/mol. The molecular formula is C9H13NO2. The van der Waals surface area contributed by atoms with Gasteiger partial charge in [0.05, 0.1) is 13.2 Å². The molecule has 0 bridgehead atoms. The van der Waals surface area contributed by atoms with Crippen molar-refractivity contribution < 1.29 is 10.2 Å². The molecule has 0 heterocycles. The van der Waals surface area contributed by atoms with E-state index in [-0.39, 0.29) is 13.2 Å². The number of benzene rings is 1. The largest absolute Gasteiger partial charge is 0.392 e. The summed E-state index contributed by atoms with van der Waals surface area (Å²) in [6.45, 7) is 0.275. The van der Waals surface area contributed by atoms with Crippen LogP contribution < -0.4 is 5.73 Å². The summed E-state index contributed by atoms with van der Waals surface area (Å²) in [6.07, 6.45) is 0. The maximum atomic E-state index is 8.99. The molecule has 0 radical (unpaired) electrons. The Hall–Kier alpha value is -0.900. The van der Waals surface area contributed by atoms with Gasteiger partial charge < -0.3 is 15.9 Å². The zero-order valence-corrected chi connectivity index (χ0v) is 6.83. The smallest absolute Gasteiger partial charge is 0.0688 e. The summed E-state index contributed by atoms with van der Waals surface area (Å²) in [5, 5.41) is 17.9. The van der Waals surface area contributed by atoms with Gasteiger partial charge in [-0.25, -0.2) is 0 Å². The van der Waals surface area contributed by atoms with E-state index in [1.54, 1.807) is 6.07 Å². The van der Waals surface area contributed by atoms with Gasteiger partial charge in [-0.3, -0.25) is 0 Å². The molecule has 0 aliphatic heterocycles. The van der Waals surface area contributed by atoms with Crippen LogP contribution in [-0.4, -0.2) is 10.2 Å². The Bertz CT molecular complexity index is 238. The maximum Gasteiger partial charge on any atom is 0.0688 e. The molecular weight excluding hydrogens is 154 g/mol. The quantitative estimate of drug-likeness (QED) is 0.599. The van der Waals surface area contributed by atoms with Crippen LogP contribution in [0.15, 0.2) is 18.2 Å². The lowest BCUT2D eigenvalue weighted by Crippen LogP contribution is -2.04. The molecule has 4 N–H and O–H groups in total. The molecule has 1 rings (SSSR count). The summed E-state index contributed by atoms with van der Waals surface area (Å²) in [6, 6.07) is 5.46. The SMILES string of the molecule is NCc1cccc(CO)c1CO. The summed E-state index contributed by atoms with van der Waals surface area (Å²) in [4.78, 5) is 0. The van der Waals surface area contributed by atoms with Crippen LogP contribution in [0, 0.1) is 0 Å². The van der Waals surface area contributed by atoms with Crippen LogP contribution in [-0.2, 0) is 19.8 Å². The first-order valence-electron chi connectivity index (χ1n) is 3.85. The van der Waals surface area contributed by atoms with E-state index < -0.39 is 0 Å². The first kappa shape index (κ1) is 9.19. The van der Waals surface area contributed by atoms with Gasteiger partial charge >= 0.3 is 0 Å². The number of aliphatic hydroxyl groups excluding tert-OH is 2. The van der Waals surface area contributed by atoms with E-state index >= 15 is 0 Å². The maximum absolute atomic E-state index is 8.99. The number of nitrogens with two attached hydrogens (primary N) is 1. The van der Waals surface area contributed by atoms with Crippen LogP contribution in [0.4, 0.5) is 0 Å². The standard InChI is InChI=1S/C9H13NO2/c10-4-7-2-1-3-8(5-11)9(7)6-12/h1-3,11-12H,4-6,10H2. The first-order chi connectivity index (χ1) is 5.83. The summed E-state index contributed by atoms with van der Waals surface area (Å²) in [7, 11) is 0. The molecule has 0 saturated carbocycles. The van der Waals surface area contributed by atoms with Gasteiger partial charge in [0.2, 0.25) is 0 Å². The van der Waals surface area contributed by atoms with Crippen LogP contribution in [0.5, 0.6) is 0 Å². The molecule has 3 nitrogen and oxygen atoms in total. The highest BCUT2D eigenvalue weighted by Crippen LogP contribution is 2.14. The molecule has 0 spiro atoms. The lowest BCUT2D eigenvalue weighted by atomic mass is 10.0. The summed E-state index contributed by atoms with van der Waals surface area (Å²) in [5.74, 6) is 0. The highest BCUT2D eigenvalue weighted by Gasteiger charge is 2.04. The molecule has 0 aromatic heterocycles. The van der Waals surface area contributed by atoms with Crippen molar-refractivity contribution in [2.24, 2.45) is 5.73 Å². The van der Waals surface area contributed by atoms with Crippen molar-refractivity contribution in [1.29, 1.82) is 0 Å². The van der Waals surface area contributed by atoms with E-state index in [4.69, 9.17) is 15.9 Å². The van der Waals surface area contributed by atoms with E-state index in [1.807, 2.05) is 12.1 Å². The van der Waals surface area contributed by atoms with Crippen LogP contribution in [0.1, 0.15) is 16.7 Å². The van der Waals surface area contributed by atoms with Crippen LogP contribution in [0.25, 0.3) is 0 Å². The Morgan fingerprint density at radius 1 is 1.08 bits per heavy atom. The van der Waals surface area contributed by atoms with Gasteiger partial charge in [0.15, 0.2) is 0 Å². The molecule has 12 heavy (non-hydrogen) atoms. The Kier molecular flexibility index (Phi) is 3.22. The second kappa shape index (κ2) is 4.21. The Balaban J connectivity index is 3.13. The van der Waals surface area contributed by atoms with E-state index in [2.05, 4.69) is 0 Å². The van der Waals surface area contributed by atoms with Gasteiger partial charge in [0, 0.05) is 6.54 Å². The fraction of sp³-hybridized carbons (Fsp3) is 0.333. The normalized spacial score (nSPS) is 10.2. The number of rotatable bonds is 3.